The molecule has 3 aromatic rings. The number of methoxy groups -OCH3 is 1. The van der Waals surface area contributed by atoms with Gasteiger partial charge in [-0.2, -0.15) is 10.1 Å². The fraction of sp³-hybridized carbons (Fsp3) is 0.190. The first-order valence-electron chi connectivity index (χ1n) is 9.21. The van der Waals surface area contributed by atoms with Crippen molar-refractivity contribution in [3.63, 3.8) is 0 Å². The summed E-state index contributed by atoms with van der Waals surface area (Å²) in [5, 5.41) is 7.26. The van der Waals surface area contributed by atoms with Crippen LogP contribution in [-0.2, 0) is 11.4 Å². The second-order valence-corrected chi connectivity index (χ2v) is 6.75. The number of carbonyl (C=O) groups is 1. The molecule has 0 saturated carbocycles. The largest absolute Gasteiger partial charge is 0.493 e. The number of amides is 1. The number of hydrogen-bond acceptors (Lipinski definition) is 6. The molecular formula is C21H20FN5O3. The van der Waals surface area contributed by atoms with Crippen molar-refractivity contribution in [3.05, 3.63) is 77.0 Å². The summed E-state index contributed by atoms with van der Waals surface area (Å²) in [5.41, 5.74) is 7.77. The molecule has 9 heteroatoms. The first-order chi connectivity index (χ1) is 14.5. The zero-order valence-corrected chi connectivity index (χ0v) is 16.4. The number of ether oxygens (including phenoxy) is 2. The van der Waals surface area contributed by atoms with Crippen molar-refractivity contribution in [3.8, 4) is 11.5 Å². The number of rotatable bonds is 6. The molecule has 0 spiro atoms. The number of allylic oxidation sites excluding steroid dienone is 1. The lowest BCUT2D eigenvalue weighted by Gasteiger charge is -2.28. The van der Waals surface area contributed by atoms with E-state index in [2.05, 4.69) is 15.4 Å². The number of anilines is 1. The lowest BCUT2D eigenvalue weighted by Crippen LogP contribution is -2.31. The normalized spacial score (nSPS) is 15.4. The lowest BCUT2D eigenvalue weighted by molar-refractivity contribution is -0.115. The Hall–Kier alpha value is -3.88. The van der Waals surface area contributed by atoms with Crippen molar-refractivity contribution in [2.24, 2.45) is 5.73 Å². The molecule has 0 radical (unpaired) electrons. The average Bonchev–Trinajstić information content (AvgIpc) is 3.20. The van der Waals surface area contributed by atoms with E-state index in [1.165, 1.54) is 19.5 Å². The van der Waals surface area contributed by atoms with Crippen molar-refractivity contribution in [1.82, 2.24) is 14.8 Å². The molecule has 1 aliphatic heterocycles. The fourth-order valence-corrected chi connectivity index (χ4v) is 3.46. The van der Waals surface area contributed by atoms with Gasteiger partial charge in [-0.25, -0.2) is 9.07 Å². The number of aromatic nitrogens is 3. The first kappa shape index (κ1) is 19.4. The first-order valence-corrected chi connectivity index (χ1v) is 9.21. The van der Waals surface area contributed by atoms with Gasteiger partial charge in [0.1, 0.15) is 24.8 Å². The Morgan fingerprint density at radius 2 is 2.07 bits per heavy atom. The van der Waals surface area contributed by atoms with Crippen LogP contribution in [0.4, 0.5) is 10.3 Å². The van der Waals surface area contributed by atoms with E-state index >= 15 is 0 Å². The maximum atomic E-state index is 13.9. The number of halogens is 1. The summed E-state index contributed by atoms with van der Waals surface area (Å²) in [7, 11) is 1.51. The Labute approximate surface area is 172 Å². The highest BCUT2D eigenvalue weighted by molar-refractivity contribution is 5.95. The van der Waals surface area contributed by atoms with Crippen LogP contribution in [0.25, 0.3) is 0 Å². The summed E-state index contributed by atoms with van der Waals surface area (Å²) < 4.78 is 26.7. The predicted octanol–water partition coefficient (Wildman–Crippen LogP) is 2.78. The van der Waals surface area contributed by atoms with Gasteiger partial charge in [-0.3, -0.25) is 4.79 Å². The Morgan fingerprint density at radius 1 is 1.27 bits per heavy atom. The third kappa shape index (κ3) is 3.45. The Kier molecular flexibility index (Phi) is 5.09. The van der Waals surface area contributed by atoms with Gasteiger partial charge in [0.15, 0.2) is 11.5 Å². The third-order valence-corrected chi connectivity index (χ3v) is 4.90. The SMILES string of the molecule is COc1cc(C2C(C(N)=O)=C(C)Nc3ncnn32)ccc1OCc1ccccc1F. The lowest BCUT2D eigenvalue weighted by atomic mass is 9.95. The number of fused-ring (bicyclic) bond motifs is 1. The van der Waals surface area contributed by atoms with Gasteiger partial charge >= 0.3 is 0 Å². The Balaban J connectivity index is 1.69. The Bertz CT molecular complexity index is 1140. The molecular weight excluding hydrogens is 389 g/mol. The molecule has 0 aliphatic carbocycles. The molecule has 0 saturated heterocycles. The zero-order chi connectivity index (χ0) is 21.3. The molecule has 1 amide bonds. The van der Waals surface area contributed by atoms with Crippen LogP contribution in [0.5, 0.6) is 11.5 Å². The topological polar surface area (TPSA) is 104 Å². The molecule has 1 unspecified atom stereocenters. The van der Waals surface area contributed by atoms with Crippen LogP contribution in [0.1, 0.15) is 24.1 Å². The number of hydrogen-bond donors (Lipinski definition) is 2. The summed E-state index contributed by atoms with van der Waals surface area (Å²) in [6, 6.07) is 11.1. The van der Waals surface area contributed by atoms with Gasteiger partial charge in [0.05, 0.1) is 12.7 Å². The summed E-state index contributed by atoms with van der Waals surface area (Å²) in [6.07, 6.45) is 1.40. The number of carbonyl (C=O) groups excluding carboxylic acids is 1. The van der Waals surface area contributed by atoms with E-state index in [1.54, 1.807) is 48.0 Å². The minimum atomic E-state index is -0.573. The van der Waals surface area contributed by atoms with Crippen molar-refractivity contribution in [1.29, 1.82) is 0 Å². The van der Waals surface area contributed by atoms with E-state index in [0.717, 1.165) is 0 Å². The fourth-order valence-electron chi connectivity index (χ4n) is 3.46. The highest BCUT2D eigenvalue weighted by Crippen LogP contribution is 2.38. The minimum Gasteiger partial charge on any atom is -0.493 e. The summed E-state index contributed by atoms with van der Waals surface area (Å²) in [6.45, 7) is 1.81. The van der Waals surface area contributed by atoms with Gasteiger partial charge in [-0.05, 0) is 30.7 Å². The molecule has 30 heavy (non-hydrogen) atoms. The quantitative estimate of drug-likeness (QED) is 0.649. The molecule has 1 aliphatic rings. The van der Waals surface area contributed by atoms with Crippen molar-refractivity contribution in [2.45, 2.75) is 19.6 Å². The third-order valence-electron chi connectivity index (χ3n) is 4.90. The van der Waals surface area contributed by atoms with Crippen LogP contribution in [0.2, 0.25) is 0 Å². The van der Waals surface area contributed by atoms with E-state index in [9.17, 15) is 9.18 Å². The van der Waals surface area contributed by atoms with E-state index in [1.807, 2.05) is 0 Å². The highest BCUT2D eigenvalue weighted by Gasteiger charge is 2.32. The summed E-state index contributed by atoms with van der Waals surface area (Å²) in [5.74, 6) is 0.476. The number of nitrogens with one attached hydrogen (secondary N) is 1. The second-order valence-electron chi connectivity index (χ2n) is 6.75. The smallest absolute Gasteiger partial charge is 0.248 e. The highest BCUT2D eigenvalue weighted by atomic mass is 19.1. The molecule has 2 aromatic carbocycles. The minimum absolute atomic E-state index is 0.0501. The maximum Gasteiger partial charge on any atom is 0.248 e. The van der Waals surface area contributed by atoms with Crippen molar-refractivity contribution in [2.75, 3.05) is 12.4 Å². The van der Waals surface area contributed by atoms with Gasteiger partial charge in [-0.15, -0.1) is 0 Å². The van der Waals surface area contributed by atoms with E-state index in [4.69, 9.17) is 15.2 Å². The van der Waals surface area contributed by atoms with Gasteiger partial charge < -0.3 is 20.5 Å². The molecule has 154 valence electrons. The van der Waals surface area contributed by atoms with Crippen LogP contribution < -0.4 is 20.5 Å². The number of nitrogens with zero attached hydrogens (tertiary/aromatic N) is 3. The standard InChI is InChI=1S/C21H20FN5O3/c1-12-18(20(23)28)19(27-21(26-12)24-11-25-27)13-7-8-16(17(9-13)29-2)30-10-14-5-3-4-6-15(14)22/h3-9,11,19H,10H2,1-2H3,(H2,23,28)(H,24,25,26). The molecule has 4 rings (SSSR count). The van der Waals surface area contributed by atoms with Crippen molar-refractivity contribution >= 4 is 11.9 Å². The predicted molar refractivity (Wildman–Crippen MR) is 107 cm³/mol. The Morgan fingerprint density at radius 3 is 2.80 bits per heavy atom. The molecule has 2 heterocycles. The molecule has 1 aromatic heterocycles. The molecule has 0 fully saturated rings. The van der Waals surface area contributed by atoms with E-state index in [-0.39, 0.29) is 12.4 Å². The van der Waals surface area contributed by atoms with Crippen LogP contribution in [-0.4, -0.2) is 27.8 Å². The van der Waals surface area contributed by atoms with Gasteiger partial charge in [0.25, 0.3) is 0 Å². The van der Waals surface area contributed by atoms with Gasteiger partial charge in [-0.1, -0.05) is 24.3 Å². The average molecular weight is 409 g/mol. The van der Waals surface area contributed by atoms with Crippen LogP contribution in [0.15, 0.2) is 60.1 Å². The van der Waals surface area contributed by atoms with Crippen LogP contribution in [0, 0.1) is 5.82 Å². The number of primary amides is 1. The molecule has 0 bridgehead atoms. The van der Waals surface area contributed by atoms with Gasteiger partial charge in [0.2, 0.25) is 11.9 Å². The number of nitrogens with two attached hydrogens (primary N) is 1. The van der Waals surface area contributed by atoms with E-state index < -0.39 is 11.9 Å². The number of benzene rings is 2. The van der Waals surface area contributed by atoms with E-state index in [0.29, 0.717) is 39.8 Å². The molecule has 3 N–H and O–H groups in total. The second kappa shape index (κ2) is 7.86. The van der Waals surface area contributed by atoms with Gasteiger partial charge in [0, 0.05) is 11.3 Å². The summed E-state index contributed by atoms with van der Waals surface area (Å²) in [4.78, 5) is 16.3. The molecule has 8 nitrogen and oxygen atoms in total. The monoisotopic (exact) mass is 409 g/mol. The van der Waals surface area contributed by atoms with Crippen molar-refractivity contribution < 1.29 is 18.7 Å². The zero-order valence-electron chi connectivity index (χ0n) is 16.4. The molecule has 1 atom stereocenters. The maximum absolute atomic E-state index is 13.9. The summed E-state index contributed by atoms with van der Waals surface area (Å²) >= 11 is 0. The van der Waals surface area contributed by atoms with Crippen LogP contribution in [0.3, 0.4) is 0 Å². The van der Waals surface area contributed by atoms with Crippen LogP contribution >= 0.6 is 0 Å².